The van der Waals surface area contributed by atoms with E-state index < -0.39 is 21.7 Å². The Morgan fingerprint density at radius 2 is 1.89 bits per heavy atom. The summed E-state index contributed by atoms with van der Waals surface area (Å²) < 4.78 is 27.0. The standard InChI is InChI=1S/C19H15N3O4S/c1-22-16(19(24)21-13-6-4-10-20-11-13)17(23)15-9-8-12-5-2-3-7-14(12)18(15)27(22,25)26/h2-11,23H,1H3,(H,21,24). The topological polar surface area (TPSA) is 99.6 Å². The Balaban J connectivity index is 1.91. The van der Waals surface area contributed by atoms with E-state index in [4.69, 9.17) is 0 Å². The average Bonchev–Trinajstić information content (AvgIpc) is 2.66. The number of aliphatic hydroxyl groups excluding tert-OH is 1. The molecule has 1 aliphatic rings. The second kappa shape index (κ2) is 6.10. The first-order chi connectivity index (χ1) is 12.9. The van der Waals surface area contributed by atoms with Gasteiger partial charge in [0.15, 0.2) is 11.5 Å². The molecule has 0 saturated carbocycles. The van der Waals surface area contributed by atoms with E-state index >= 15 is 0 Å². The first kappa shape index (κ1) is 17.0. The van der Waals surface area contributed by atoms with Gasteiger partial charge in [0.1, 0.15) is 4.90 Å². The highest BCUT2D eigenvalue weighted by atomic mass is 32.2. The number of rotatable bonds is 2. The van der Waals surface area contributed by atoms with E-state index in [1.54, 1.807) is 48.7 Å². The van der Waals surface area contributed by atoms with Crippen LogP contribution in [0.2, 0.25) is 0 Å². The minimum atomic E-state index is -4.03. The lowest BCUT2D eigenvalue weighted by Crippen LogP contribution is -2.37. The Morgan fingerprint density at radius 3 is 2.63 bits per heavy atom. The summed E-state index contributed by atoms with van der Waals surface area (Å²) >= 11 is 0. The number of pyridine rings is 1. The monoisotopic (exact) mass is 381 g/mol. The van der Waals surface area contributed by atoms with Crippen molar-refractivity contribution in [1.29, 1.82) is 0 Å². The molecule has 2 N–H and O–H groups in total. The number of amides is 1. The van der Waals surface area contributed by atoms with Crippen LogP contribution in [0.3, 0.4) is 0 Å². The van der Waals surface area contributed by atoms with E-state index in [1.165, 1.54) is 19.3 Å². The van der Waals surface area contributed by atoms with Crippen LogP contribution in [-0.2, 0) is 14.8 Å². The molecule has 0 fully saturated rings. The fourth-order valence-corrected chi connectivity index (χ4v) is 4.71. The first-order valence-electron chi connectivity index (χ1n) is 8.07. The minimum absolute atomic E-state index is 0.0153. The van der Waals surface area contributed by atoms with Crippen molar-refractivity contribution in [3.05, 3.63) is 72.2 Å². The van der Waals surface area contributed by atoms with E-state index in [0.717, 1.165) is 9.69 Å². The predicted molar refractivity (Wildman–Crippen MR) is 101 cm³/mol. The Morgan fingerprint density at radius 1 is 1.11 bits per heavy atom. The molecule has 0 unspecified atom stereocenters. The first-order valence-corrected chi connectivity index (χ1v) is 9.51. The van der Waals surface area contributed by atoms with Gasteiger partial charge < -0.3 is 10.4 Å². The number of carbonyl (C=O) groups is 1. The van der Waals surface area contributed by atoms with Gasteiger partial charge in [-0.05, 0) is 23.6 Å². The maximum Gasteiger partial charge on any atom is 0.276 e. The second-order valence-electron chi connectivity index (χ2n) is 6.03. The summed E-state index contributed by atoms with van der Waals surface area (Å²) in [6.07, 6.45) is 2.97. The summed E-state index contributed by atoms with van der Waals surface area (Å²) in [5.74, 6) is -1.14. The van der Waals surface area contributed by atoms with Gasteiger partial charge in [0.2, 0.25) is 0 Å². The summed E-state index contributed by atoms with van der Waals surface area (Å²) in [5, 5.41) is 14.5. The van der Waals surface area contributed by atoms with Crippen molar-refractivity contribution in [3.63, 3.8) is 0 Å². The Bertz CT molecular complexity index is 1200. The van der Waals surface area contributed by atoms with Crippen molar-refractivity contribution in [3.8, 4) is 0 Å². The lowest BCUT2D eigenvalue weighted by molar-refractivity contribution is -0.113. The molecule has 0 radical (unpaired) electrons. The van der Waals surface area contributed by atoms with Crippen molar-refractivity contribution < 1.29 is 18.3 Å². The van der Waals surface area contributed by atoms with Crippen LogP contribution in [0.15, 0.2) is 71.5 Å². The predicted octanol–water partition coefficient (Wildman–Crippen LogP) is 2.73. The van der Waals surface area contributed by atoms with Crippen LogP contribution in [0, 0.1) is 0 Å². The lowest BCUT2D eigenvalue weighted by atomic mass is 10.0. The fourth-order valence-electron chi connectivity index (χ4n) is 3.12. The van der Waals surface area contributed by atoms with Gasteiger partial charge in [-0.1, -0.05) is 30.3 Å². The average molecular weight is 381 g/mol. The maximum atomic E-state index is 13.1. The van der Waals surface area contributed by atoms with Crippen LogP contribution in [-0.4, -0.2) is 35.8 Å². The fraction of sp³-hybridized carbons (Fsp3) is 0.0526. The summed E-state index contributed by atoms with van der Waals surface area (Å²) in [6.45, 7) is 0. The highest BCUT2D eigenvalue weighted by Crippen LogP contribution is 2.39. The quantitative estimate of drug-likeness (QED) is 0.711. The number of nitrogens with zero attached hydrogens (tertiary/aromatic N) is 2. The number of sulfonamides is 1. The van der Waals surface area contributed by atoms with Crippen LogP contribution >= 0.6 is 0 Å². The van der Waals surface area contributed by atoms with E-state index in [2.05, 4.69) is 10.3 Å². The van der Waals surface area contributed by atoms with Gasteiger partial charge in [-0.15, -0.1) is 0 Å². The molecule has 0 bridgehead atoms. The van der Waals surface area contributed by atoms with Gasteiger partial charge >= 0.3 is 0 Å². The van der Waals surface area contributed by atoms with E-state index in [0.29, 0.717) is 11.1 Å². The second-order valence-corrected chi connectivity index (χ2v) is 7.94. The molecule has 27 heavy (non-hydrogen) atoms. The molecule has 4 rings (SSSR count). The number of aliphatic hydroxyl groups is 1. The SMILES string of the molecule is CN1C(C(=O)Nc2cccnc2)=C(O)c2ccc3ccccc3c2S1(=O)=O. The minimum Gasteiger partial charge on any atom is -0.505 e. The Hall–Kier alpha value is -3.39. The van der Waals surface area contributed by atoms with Gasteiger partial charge in [-0.25, -0.2) is 8.42 Å². The highest BCUT2D eigenvalue weighted by Gasteiger charge is 2.39. The largest absolute Gasteiger partial charge is 0.505 e. The zero-order valence-corrected chi connectivity index (χ0v) is 15.1. The molecule has 0 atom stereocenters. The number of anilines is 1. The van der Waals surface area contributed by atoms with E-state index in [-0.39, 0.29) is 16.2 Å². The van der Waals surface area contributed by atoms with Crippen LogP contribution in [0.25, 0.3) is 16.5 Å². The van der Waals surface area contributed by atoms with Crippen molar-refractivity contribution in [1.82, 2.24) is 9.29 Å². The van der Waals surface area contributed by atoms with Crippen molar-refractivity contribution in [2.75, 3.05) is 12.4 Å². The number of fused-ring (bicyclic) bond motifs is 3. The summed E-state index contributed by atoms with van der Waals surface area (Å²) in [4.78, 5) is 16.6. The summed E-state index contributed by atoms with van der Waals surface area (Å²) in [6, 6.07) is 13.5. The molecule has 136 valence electrons. The van der Waals surface area contributed by atoms with Gasteiger partial charge in [0.05, 0.1) is 11.9 Å². The summed E-state index contributed by atoms with van der Waals surface area (Å²) in [7, 11) is -2.78. The molecule has 1 aromatic heterocycles. The molecule has 3 aromatic rings. The molecular formula is C19H15N3O4S. The smallest absolute Gasteiger partial charge is 0.276 e. The zero-order chi connectivity index (χ0) is 19.2. The van der Waals surface area contributed by atoms with Crippen LogP contribution < -0.4 is 5.32 Å². The number of nitrogens with one attached hydrogen (secondary N) is 1. The number of benzene rings is 2. The van der Waals surface area contributed by atoms with Crippen LogP contribution in [0.5, 0.6) is 0 Å². The molecule has 1 amide bonds. The molecule has 8 heteroatoms. The van der Waals surface area contributed by atoms with Gasteiger partial charge in [0, 0.05) is 24.2 Å². The Kier molecular flexibility index (Phi) is 3.85. The molecular weight excluding hydrogens is 366 g/mol. The zero-order valence-electron chi connectivity index (χ0n) is 14.2. The number of aromatic nitrogens is 1. The molecule has 0 spiro atoms. The lowest BCUT2D eigenvalue weighted by Gasteiger charge is -2.29. The Labute approximate surface area is 155 Å². The van der Waals surface area contributed by atoms with Crippen LogP contribution in [0.1, 0.15) is 5.56 Å². The molecule has 0 saturated heterocycles. The van der Waals surface area contributed by atoms with E-state index in [1.807, 2.05) is 0 Å². The molecule has 0 aliphatic carbocycles. The maximum absolute atomic E-state index is 13.1. The third-order valence-corrected chi connectivity index (χ3v) is 6.29. The molecule has 7 nitrogen and oxygen atoms in total. The van der Waals surface area contributed by atoms with Crippen molar-refractivity contribution >= 4 is 38.1 Å². The number of carbonyl (C=O) groups excluding carboxylic acids is 1. The summed E-state index contributed by atoms with van der Waals surface area (Å²) in [5.41, 5.74) is 0.141. The number of hydrogen-bond donors (Lipinski definition) is 2. The third-order valence-electron chi connectivity index (χ3n) is 4.43. The van der Waals surface area contributed by atoms with Crippen molar-refractivity contribution in [2.45, 2.75) is 4.90 Å². The molecule has 1 aliphatic heterocycles. The molecule has 2 heterocycles. The highest BCUT2D eigenvalue weighted by molar-refractivity contribution is 7.89. The van der Waals surface area contributed by atoms with Crippen LogP contribution in [0.4, 0.5) is 5.69 Å². The normalized spacial score (nSPS) is 15.5. The van der Waals surface area contributed by atoms with Crippen molar-refractivity contribution in [2.24, 2.45) is 0 Å². The van der Waals surface area contributed by atoms with E-state index in [9.17, 15) is 18.3 Å². The molecule has 2 aromatic carbocycles. The van der Waals surface area contributed by atoms with Gasteiger partial charge in [-0.2, -0.15) is 0 Å². The third kappa shape index (κ3) is 2.61. The number of hydrogen-bond acceptors (Lipinski definition) is 5. The van der Waals surface area contributed by atoms with Gasteiger partial charge in [0.25, 0.3) is 15.9 Å². The number of likely N-dealkylation sites (N-methyl/N-ethyl adjacent to an activating group) is 1. The van der Waals surface area contributed by atoms with Gasteiger partial charge in [-0.3, -0.25) is 14.1 Å².